The molecule has 0 unspecified atom stereocenters. The fourth-order valence-electron chi connectivity index (χ4n) is 6.64. The summed E-state index contributed by atoms with van der Waals surface area (Å²) in [5.74, 6) is -2.13. The molecule has 0 aliphatic carbocycles. The van der Waals surface area contributed by atoms with Crippen molar-refractivity contribution < 1.29 is 81.3 Å². The average Bonchev–Trinajstić information content (AvgIpc) is 3.75. The Morgan fingerprint density at radius 1 is 0.556 bits per heavy atom. The maximum atomic E-state index is 13.6. The van der Waals surface area contributed by atoms with Crippen LogP contribution in [0.4, 0.5) is 68.5 Å². The highest BCUT2D eigenvalue weighted by molar-refractivity contribution is 7.07. The fraction of sp³-hybridized carbons (Fsp3) is 0.163. The largest absolute Gasteiger partial charge is 0.496 e. The van der Waals surface area contributed by atoms with Gasteiger partial charge in [0.1, 0.15) is 11.6 Å². The average molecular weight is 1040 g/mol. The third-order valence-electron chi connectivity index (χ3n) is 10.3. The smallest absolute Gasteiger partial charge is 0.417 e. The van der Waals surface area contributed by atoms with E-state index in [0.29, 0.717) is 59.0 Å². The van der Waals surface area contributed by atoms with Gasteiger partial charge in [0.2, 0.25) is 0 Å². The van der Waals surface area contributed by atoms with Gasteiger partial charge >= 0.3 is 30.7 Å². The molecule has 378 valence electrons. The second-order valence-electron chi connectivity index (χ2n) is 15.1. The monoisotopic (exact) mass is 1040 g/mol. The molecule has 0 aliphatic heterocycles. The first kappa shape index (κ1) is 55.1. The summed E-state index contributed by atoms with van der Waals surface area (Å²) in [5.41, 5.74) is -4.17. The van der Waals surface area contributed by atoms with E-state index in [1.54, 1.807) is 32.0 Å². The Hall–Kier alpha value is -7.82. The summed E-state index contributed by atoms with van der Waals surface area (Å²) in [6.07, 6.45) is -19.3. The van der Waals surface area contributed by atoms with Crippen molar-refractivity contribution in [2.45, 2.75) is 45.5 Å². The van der Waals surface area contributed by atoms with Gasteiger partial charge in [-0.3, -0.25) is 9.59 Å². The maximum absolute atomic E-state index is 13.6. The van der Waals surface area contributed by atoms with Crippen LogP contribution in [0.15, 0.2) is 121 Å². The SMILES string of the molecule is COc1cccc(C(=O)Nc2ccc(-c3cc(C(F)(F)F)ccc3C(F)(F)F)cc2)c1C.Cc1c(F)cccc1C(=O)Nc1ccc(-c2cc(C(F)(F)F)ccc2C(F)(F)F)cc1.Cc1nnsc1C(=O)O. The number of amides is 2. The fourth-order valence-corrected chi connectivity index (χ4v) is 7.14. The van der Waals surface area contributed by atoms with Crippen LogP contribution in [0.3, 0.4) is 0 Å². The summed E-state index contributed by atoms with van der Waals surface area (Å²) in [6.45, 7) is 4.73. The number of hydrogen-bond acceptors (Lipinski definition) is 7. The van der Waals surface area contributed by atoms with Gasteiger partial charge in [0, 0.05) is 28.1 Å². The summed E-state index contributed by atoms with van der Waals surface area (Å²) < 4.78 is 180. The molecule has 23 heteroatoms. The molecular weight excluding hydrogens is 1000 g/mol. The number of anilines is 2. The molecule has 0 atom stereocenters. The minimum absolute atomic E-state index is 0.0704. The van der Waals surface area contributed by atoms with E-state index in [2.05, 4.69) is 20.2 Å². The third kappa shape index (κ3) is 13.7. The Morgan fingerprint density at radius 3 is 1.32 bits per heavy atom. The summed E-state index contributed by atoms with van der Waals surface area (Å²) in [5, 5.41) is 17.0. The topological polar surface area (TPSA) is 131 Å². The molecule has 1 aromatic heterocycles. The zero-order chi connectivity index (χ0) is 53.5. The van der Waals surface area contributed by atoms with Crippen LogP contribution in [0.2, 0.25) is 0 Å². The standard InChI is InChI=1S/C23H17F6NO2.C22H14F7NO.C4H4N2O2S/c1-13-17(4-3-5-20(13)32-2)21(31)30-16-9-6-14(7-10-16)18-12-15(22(24,25)26)8-11-19(18)23(27,28)29;1-12-16(3-2-4-19(12)23)20(31)30-15-8-5-13(6-9-15)17-11-14(21(24,25)26)7-10-18(17)22(27,28)29;1-2-3(4(7)8)9-6-5-2/h3-12H,1-2H3,(H,30,31);2-11H,1H3,(H,30,31);1H3,(H,7,8). The number of aryl methyl sites for hydroxylation is 1. The number of aromatic carboxylic acids is 1. The van der Waals surface area contributed by atoms with Crippen LogP contribution in [0.5, 0.6) is 5.75 Å². The van der Waals surface area contributed by atoms with Crippen LogP contribution in [0, 0.1) is 26.6 Å². The van der Waals surface area contributed by atoms with Crippen LogP contribution < -0.4 is 15.4 Å². The predicted molar refractivity (Wildman–Crippen MR) is 240 cm³/mol. The van der Waals surface area contributed by atoms with Crippen LogP contribution in [-0.4, -0.2) is 39.6 Å². The van der Waals surface area contributed by atoms with Crippen molar-refractivity contribution in [3.8, 4) is 28.0 Å². The second kappa shape index (κ2) is 22.1. The Kier molecular flexibility index (Phi) is 16.9. The van der Waals surface area contributed by atoms with Crippen LogP contribution in [-0.2, 0) is 24.7 Å². The minimum atomic E-state index is -4.86. The van der Waals surface area contributed by atoms with Gasteiger partial charge < -0.3 is 20.5 Å². The molecule has 0 bridgehead atoms. The van der Waals surface area contributed by atoms with Gasteiger partial charge in [-0.2, -0.15) is 52.7 Å². The lowest BCUT2D eigenvalue weighted by atomic mass is 9.96. The molecule has 72 heavy (non-hydrogen) atoms. The van der Waals surface area contributed by atoms with E-state index in [-0.39, 0.29) is 38.5 Å². The molecule has 6 aromatic carbocycles. The van der Waals surface area contributed by atoms with Crippen molar-refractivity contribution in [3.05, 3.63) is 182 Å². The van der Waals surface area contributed by atoms with E-state index >= 15 is 0 Å². The Morgan fingerprint density at radius 2 is 0.972 bits per heavy atom. The van der Waals surface area contributed by atoms with E-state index in [4.69, 9.17) is 9.84 Å². The van der Waals surface area contributed by atoms with E-state index < -0.39 is 81.7 Å². The van der Waals surface area contributed by atoms with E-state index in [0.717, 1.165) is 11.5 Å². The summed E-state index contributed by atoms with van der Waals surface area (Å²) >= 11 is 0.897. The zero-order valence-corrected chi connectivity index (χ0v) is 38.2. The van der Waals surface area contributed by atoms with Crippen molar-refractivity contribution in [1.29, 1.82) is 0 Å². The predicted octanol–water partition coefficient (Wildman–Crippen LogP) is 14.6. The number of carboxylic acids is 1. The first-order valence-corrected chi connectivity index (χ1v) is 21.1. The Bertz CT molecular complexity index is 3080. The van der Waals surface area contributed by atoms with Gasteiger partial charge in [-0.05, 0) is 145 Å². The number of alkyl halides is 12. The molecule has 0 saturated carbocycles. The Balaban J connectivity index is 0.000000228. The normalized spacial score (nSPS) is 11.6. The lowest BCUT2D eigenvalue weighted by molar-refractivity contribution is -0.141. The highest BCUT2D eigenvalue weighted by Gasteiger charge is 2.39. The van der Waals surface area contributed by atoms with Crippen molar-refractivity contribution in [2.24, 2.45) is 0 Å². The number of hydrogen-bond donors (Lipinski definition) is 3. The van der Waals surface area contributed by atoms with E-state index in [1.165, 1.54) is 80.8 Å². The van der Waals surface area contributed by atoms with Crippen molar-refractivity contribution in [2.75, 3.05) is 17.7 Å². The maximum Gasteiger partial charge on any atom is 0.417 e. The molecule has 7 aromatic rings. The lowest BCUT2D eigenvalue weighted by Gasteiger charge is -2.16. The van der Waals surface area contributed by atoms with Crippen molar-refractivity contribution >= 4 is 40.7 Å². The molecule has 0 saturated heterocycles. The number of halogens is 13. The molecule has 0 aliphatic rings. The third-order valence-corrected chi connectivity index (χ3v) is 11.1. The first-order valence-electron chi connectivity index (χ1n) is 20.3. The van der Waals surface area contributed by atoms with Gasteiger partial charge in [0.05, 0.1) is 35.1 Å². The number of methoxy groups -OCH3 is 1. The molecule has 1 heterocycles. The molecular formula is C49H35F13N4O5S. The zero-order valence-electron chi connectivity index (χ0n) is 37.3. The number of ether oxygens (including phenoxy) is 1. The van der Waals surface area contributed by atoms with Gasteiger partial charge in [-0.1, -0.05) is 40.9 Å². The van der Waals surface area contributed by atoms with Gasteiger partial charge in [0.25, 0.3) is 11.8 Å². The highest BCUT2D eigenvalue weighted by Crippen LogP contribution is 2.43. The van der Waals surface area contributed by atoms with Crippen LogP contribution in [0.25, 0.3) is 22.3 Å². The second-order valence-corrected chi connectivity index (χ2v) is 15.9. The number of rotatable bonds is 8. The van der Waals surface area contributed by atoms with E-state index in [1.807, 2.05) is 0 Å². The molecule has 0 fully saturated rings. The lowest BCUT2D eigenvalue weighted by Crippen LogP contribution is -2.14. The minimum Gasteiger partial charge on any atom is -0.496 e. The van der Waals surface area contributed by atoms with Gasteiger partial charge in [-0.15, -0.1) is 5.10 Å². The number of carbonyl (C=O) groups excluding carboxylic acids is 2. The number of nitrogens with one attached hydrogen (secondary N) is 2. The van der Waals surface area contributed by atoms with Crippen LogP contribution in [0.1, 0.15) is 69.5 Å². The molecule has 0 radical (unpaired) electrons. The number of nitrogens with zero attached hydrogens (tertiary/aromatic N) is 2. The number of benzene rings is 6. The summed E-state index contributed by atoms with van der Waals surface area (Å²) in [7, 11) is 1.46. The number of carbonyl (C=O) groups is 3. The summed E-state index contributed by atoms with van der Waals surface area (Å²) in [4.78, 5) is 35.3. The van der Waals surface area contributed by atoms with Gasteiger partial charge in [0.15, 0.2) is 4.88 Å². The Labute approximate surface area is 404 Å². The van der Waals surface area contributed by atoms with Crippen molar-refractivity contribution in [1.82, 2.24) is 9.59 Å². The summed E-state index contributed by atoms with van der Waals surface area (Å²) in [6, 6.07) is 21.3. The highest BCUT2D eigenvalue weighted by atomic mass is 32.1. The quantitative estimate of drug-likeness (QED) is 0.129. The van der Waals surface area contributed by atoms with Crippen LogP contribution >= 0.6 is 11.5 Å². The number of carboxylic acid groups (broad SMARTS) is 1. The molecule has 3 N–H and O–H groups in total. The van der Waals surface area contributed by atoms with Crippen molar-refractivity contribution in [3.63, 3.8) is 0 Å². The van der Waals surface area contributed by atoms with Gasteiger partial charge in [-0.25, -0.2) is 9.18 Å². The first-order chi connectivity index (χ1) is 33.5. The molecule has 2 amide bonds. The molecule has 0 spiro atoms. The molecule has 9 nitrogen and oxygen atoms in total. The molecule has 7 rings (SSSR count). The number of aromatic nitrogens is 2. The van der Waals surface area contributed by atoms with E-state index in [9.17, 15) is 71.5 Å².